The third-order valence-electron chi connectivity index (χ3n) is 1.76. The van der Waals surface area contributed by atoms with Gasteiger partial charge in [-0.05, 0) is 13.8 Å². The zero-order chi connectivity index (χ0) is 11.8. The quantitative estimate of drug-likeness (QED) is 0.614. The Labute approximate surface area is 101 Å². The van der Waals surface area contributed by atoms with Gasteiger partial charge in [-0.1, -0.05) is 0 Å². The van der Waals surface area contributed by atoms with Crippen molar-refractivity contribution in [3.05, 3.63) is 23.0 Å². The molecule has 1 aromatic heterocycles. The molecule has 6 heteroatoms. The van der Waals surface area contributed by atoms with Crippen LogP contribution in [0.4, 0.5) is 0 Å². The Morgan fingerprint density at radius 3 is 2.06 bits per heavy atom. The molecule has 0 saturated carbocycles. The van der Waals surface area contributed by atoms with Gasteiger partial charge in [0.25, 0.3) is 0 Å². The summed E-state index contributed by atoms with van der Waals surface area (Å²) >= 11 is 0. The van der Waals surface area contributed by atoms with E-state index in [2.05, 4.69) is 4.98 Å². The second-order valence-electron chi connectivity index (χ2n) is 2.83. The summed E-state index contributed by atoms with van der Waals surface area (Å²) in [6, 6.07) is 0. The van der Waals surface area contributed by atoms with Crippen LogP contribution in [0.2, 0.25) is 0 Å². The van der Waals surface area contributed by atoms with E-state index in [0.29, 0.717) is 16.8 Å². The molecule has 4 N–H and O–H groups in total. The van der Waals surface area contributed by atoms with Crippen LogP contribution in [0, 0.1) is 6.92 Å². The van der Waals surface area contributed by atoms with Crippen LogP contribution in [-0.4, -0.2) is 32.0 Å². The number of halogens is 1. The summed E-state index contributed by atoms with van der Waals surface area (Å²) in [5, 5.41) is 34.6. The number of aromatic hydroxyl groups is 1. The Kier molecular flexibility index (Phi) is 10.2. The van der Waals surface area contributed by atoms with E-state index in [9.17, 15) is 5.11 Å². The van der Waals surface area contributed by atoms with Crippen LogP contribution in [-0.2, 0) is 13.2 Å². The van der Waals surface area contributed by atoms with Crippen molar-refractivity contribution in [2.45, 2.75) is 27.1 Å². The maximum atomic E-state index is 9.38. The zero-order valence-corrected chi connectivity index (χ0v) is 10.2. The van der Waals surface area contributed by atoms with Gasteiger partial charge in [0.1, 0.15) is 5.75 Å². The number of aryl methyl sites for hydroxylation is 1. The Bertz CT molecular complexity index is 307. The molecule has 0 unspecified atom stereocenters. The molecule has 0 aromatic carbocycles. The lowest BCUT2D eigenvalue weighted by Crippen LogP contribution is -1.98. The first kappa shape index (κ1) is 17.5. The average Bonchev–Trinajstić information content (AvgIpc) is 2.23. The molecular weight excluding hydrogens is 234 g/mol. The van der Waals surface area contributed by atoms with E-state index < -0.39 is 0 Å². The van der Waals surface area contributed by atoms with Gasteiger partial charge in [-0.15, -0.1) is 12.4 Å². The summed E-state index contributed by atoms with van der Waals surface area (Å²) in [6.45, 7) is 3.05. The summed E-state index contributed by atoms with van der Waals surface area (Å²) in [5.41, 5.74) is 1.27. The van der Waals surface area contributed by atoms with Gasteiger partial charge in [-0.3, -0.25) is 4.98 Å². The fourth-order valence-electron chi connectivity index (χ4n) is 0.997. The Morgan fingerprint density at radius 2 is 1.69 bits per heavy atom. The molecule has 16 heavy (non-hydrogen) atoms. The van der Waals surface area contributed by atoms with E-state index in [0.717, 1.165) is 0 Å². The van der Waals surface area contributed by atoms with Crippen molar-refractivity contribution < 1.29 is 20.4 Å². The first-order chi connectivity index (χ1) is 7.12. The molecule has 0 aliphatic heterocycles. The van der Waals surface area contributed by atoms with E-state index in [1.165, 1.54) is 6.20 Å². The number of aliphatic hydroxyl groups is 3. The molecule has 0 aliphatic rings. The van der Waals surface area contributed by atoms with Crippen LogP contribution in [0.25, 0.3) is 0 Å². The molecule has 1 rings (SSSR count). The monoisotopic (exact) mass is 251 g/mol. The van der Waals surface area contributed by atoms with Crippen molar-refractivity contribution in [2.75, 3.05) is 6.61 Å². The average molecular weight is 252 g/mol. The smallest absolute Gasteiger partial charge is 0.142 e. The Balaban J connectivity index is 0. The topological polar surface area (TPSA) is 93.8 Å². The summed E-state index contributed by atoms with van der Waals surface area (Å²) in [4.78, 5) is 3.84. The molecule has 1 heterocycles. The molecule has 0 atom stereocenters. The number of pyridine rings is 1. The van der Waals surface area contributed by atoms with Gasteiger partial charge in [0, 0.05) is 23.9 Å². The summed E-state index contributed by atoms with van der Waals surface area (Å²) in [5.74, 6) is -0.0379. The third kappa shape index (κ3) is 4.76. The van der Waals surface area contributed by atoms with Gasteiger partial charge in [0.05, 0.1) is 18.9 Å². The Morgan fingerprint density at radius 1 is 1.19 bits per heavy atom. The SMILES string of the molecule is CCO.Cc1ncc(CO)c(CO)c1O.Cl. The highest BCUT2D eigenvalue weighted by molar-refractivity contribution is 5.85. The fraction of sp³-hybridized carbons (Fsp3) is 0.500. The van der Waals surface area contributed by atoms with Crippen molar-refractivity contribution in [1.29, 1.82) is 0 Å². The highest BCUT2D eigenvalue weighted by Crippen LogP contribution is 2.23. The van der Waals surface area contributed by atoms with Crippen molar-refractivity contribution in [3.63, 3.8) is 0 Å². The number of aliphatic hydroxyl groups excluding tert-OH is 3. The molecule has 94 valence electrons. The van der Waals surface area contributed by atoms with Gasteiger partial charge in [-0.2, -0.15) is 0 Å². The minimum absolute atomic E-state index is 0. The Hall–Kier alpha value is -0.880. The van der Waals surface area contributed by atoms with Gasteiger partial charge >= 0.3 is 0 Å². The third-order valence-corrected chi connectivity index (χ3v) is 1.76. The molecule has 0 fully saturated rings. The summed E-state index contributed by atoms with van der Waals surface area (Å²) < 4.78 is 0. The normalized spacial score (nSPS) is 8.81. The van der Waals surface area contributed by atoms with E-state index >= 15 is 0 Å². The zero-order valence-electron chi connectivity index (χ0n) is 9.34. The van der Waals surface area contributed by atoms with Crippen LogP contribution >= 0.6 is 12.4 Å². The van der Waals surface area contributed by atoms with E-state index in [4.69, 9.17) is 15.3 Å². The minimum Gasteiger partial charge on any atom is -0.506 e. The predicted molar refractivity (Wildman–Crippen MR) is 62.5 cm³/mol. The molecule has 0 saturated heterocycles. The number of nitrogens with zero attached hydrogens (tertiary/aromatic N) is 1. The van der Waals surface area contributed by atoms with Gasteiger partial charge in [0.15, 0.2) is 0 Å². The van der Waals surface area contributed by atoms with Crippen LogP contribution in [0.1, 0.15) is 23.7 Å². The van der Waals surface area contributed by atoms with Crippen molar-refractivity contribution in [3.8, 4) is 5.75 Å². The predicted octanol–water partition coefficient (Wildman–Crippen LogP) is 0.501. The molecule has 1 aromatic rings. The molecule has 5 nitrogen and oxygen atoms in total. The molecule has 0 bridgehead atoms. The lowest BCUT2D eigenvalue weighted by Gasteiger charge is -2.07. The van der Waals surface area contributed by atoms with Crippen molar-refractivity contribution in [1.82, 2.24) is 4.98 Å². The highest BCUT2D eigenvalue weighted by Gasteiger charge is 2.09. The first-order valence-electron chi connectivity index (χ1n) is 4.61. The highest BCUT2D eigenvalue weighted by atomic mass is 35.5. The summed E-state index contributed by atoms with van der Waals surface area (Å²) in [7, 11) is 0. The van der Waals surface area contributed by atoms with Crippen LogP contribution in [0.15, 0.2) is 6.20 Å². The number of rotatable bonds is 2. The van der Waals surface area contributed by atoms with Gasteiger partial charge in [-0.25, -0.2) is 0 Å². The first-order valence-corrected chi connectivity index (χ1v) is 4.61. The van der Waals surface area contributed by atoms with Gasteiger partial charge in [0.2, 0.25) is 0 Å². The van der Waals surface area contributed by atoms with Crippen LogP contribution in [0.3, 0.4) is 0 Å². The van der Waals surface area contributed by atoms with Gasteiger partial charge < -0.3 is 20.4 Å². The fourth-order valence-corrected chi connectivity index (χ4v) is 0.997. The molecule has 0 amide bonds. The molecular formula is C10H18ClNO4. The van der Waals surface area contributed by atoms with Crippen LogP contribution in [0.5, 0.6) is 5.75 Å². The van der Waals surface area contributed by atoms with Crippen molar-refractivity contribution >= 4 is 12.4 Å². The maximum Gasteiger partial charge on any atom is 0.142 e. The second-order valence-corrected chi connectivity index (χ2v) is 2.83. The maximum absolute atomic E-state index is 9.38. The van der Waals surface area contributed by atoms with E-state index in [1.54, 1.807) is 13.8 Å². The largest absolute Gasteiger partial charge is 0.506 e. The minimum atomic E-state index is -0.287. The summed E-state index contributed by atoms with van der Waals surface area (Å²) in [6.07, 6.45) is 1.45. The van der Waals surface area contributed by atoms with Crippen LogP contribution < -0.4 is 0 Å². The lowest BCUT2D eigenvalue weighted by molar-refractivity contribution is 0.254. The lowest BCUT2D eigenvalue weighted by atomic mass is 10.1. The molecule has 0 aliphatic carbocycles. The molecule has 0 radical (unpaired) electrons. The standard InChI is InChI=1S/C8H11NO3.C2H6O.ClH/c1-5-8(12)7(4-11)6(3-10)2-9-5;1-2-3;/h2,10-12H,3-4H2,1H3;3H,2H2,1H3;1H. The molecule has 0 spiro atoms. The number of hydrogen-bond donors (Lipinski definition) is 4. The van der Waals surface area contributed by atoms with E-state index in [-0.39, 0.29) is 38.0 Å². The second kappa shape index (κ2) is 9.35. The number of hydrogen-bond acceptors (Lipinski definition) is 5. The van der Waals surface area contributed by atoms with Crippen molar-refractivity contribution in [2.24, 2.45) is 0 Å². The van der Waals surface area contributed by atoms with E-state index in [1.807, 2.05) is 0 Å². The number of aromatic nitrogens is 1.